The summed E-state index contributed by atoms with van der Waals surface area (Å²) < 4.78 is 10.2. The number of halogens is 2. The fourth-order valence-electron chi connectivity index (χ4n) is 0.0319. The van der Waals surface area contributed by atoms with E-state index in [1.807, 2.05) is 0 Å². The zero-order valence-corrected chi connectivity index (χ0v) is 5.88. The van der Waals surface area contributed by atoms with Crippen molar-refractivity contribution in [2.45, 2.75) is 0 Å². The van der Waals surface area contributed by atoms with Gasteiger partial charge in [-0.25, -0.2) is 0 Å². The maximum absolute atomic E-state index is 10.2. The van der Waals surface area contributed by atoms with Crippen molar-refractivity contribution in [3.63, 3.8) is 0 Å². The van der Waals surface area contributed by atoms with Crippen LogP contribution in [0.3, 0.4) is 0 Å². The highest BCUT2D eigenvalue weighted by Crippen LogP contribution is 2.41. The summed E-state index contributed by atoms with van der Waals surface area (Å²) in [4.78, 5) is 8.42. The number of alkyl halides is 2. The van der Waals surface area contributed by atoms with E-state index >= 15 is 0 Å². The topological polar surface area (TPSA) is 37.3 Å². The fraction of sp³-hybridized carbons (Fsp3) is 1.00. The molecule has 0 saturated heterocycles. The summed E-state index contributed by atoms with van der Waals surface area (Å²) in [5, 5.41) is 0. The van der Waals surface area contributed by atoms with Crippen molar-refractivity contribution in [3.8, 4) is 0 Å². The van der Waals surface area contributed by atoms with Crippen LogP contribution < -0.4 is 0 Å². The SMILES string of the molecule is O=P(O)(CCl)CCl. The van der Waals surface area contributed by atoms with Crippen molar-refractivity contribution < 1.29 is 9.46 Å². The molecule has 0 fully saturated rings. The Kier molecular flexibility index (Phi) is 3.25. The first-order valence-electron chi connectivity index (χ1n) is 1.55. The van der Waals surface area contributed by atoms with Gasteiger partial charge in [-0.2, -0.15) is 0 Å². The van der Waals surface area contributed by atoms with Crippen LogP contribution in [0, 0.1) is 0 Å². The van der Waals surface area contributed by atoms with E-state index < -0.39 is 7.37 Å². The minimum Gasteiger partial charge on any atom is -0.343 e. The van der Waals surface area contributed by atoms with E-state index in [2.05, 4.69) is 0 Å². The van der Waals surface area contributed by atoms with Crippen LogP contribution in [0.4, 0.5) is 0 Å². The van der Waals surface area contributed by atoms with Gasteiger partial charge in [-0.1, -0.05) is 0 Å². The molecule has 0 aromatic carbocycles. The quantitative estimate of drug-likeness (QED) is 0.496. The molecule has 0 saturated carbocycles. The third-order valence-electron chi connectivity index (χ3n) is 0.374. The van der Waals surface area contributed by atoms with Gasteiger partial charge in [-0.05, 0) is 0 Å². The molecule has 0 unspecified atom stereocenters. The van der Waals surface area contributed by atoms with Crippen LogP contribution in [-0.4, -0.2) is 16.1 Å². The molecule has 0 aliphatic carbocycles. The van der Waals surface area contributed by atoms with Crippen LogP contribution in [0.5, 0.6) is 0 Å². The molecule has 44 valence electrons. The maximum atomic E-state index is 10.2. The lowest BCUT2D eigenvalue weighted by atomic mass is 11.9. The summed E-state index contributed by atoms with van der Waals surface area (Å²) in [7, 11) is -3.12. The summed E-state index contributed by atoms with van der Waals surface area (Å²) in [6.07, 6.45) is 0. The molecule has 5 heteroatoms. The largest absolute Gasteiger partial charge is 0.343 e. The van der Waals surface area contributed by atoms with Crippen molar-refractivity contribution in [1.82, 2.24) is 0 Å². The standard InChI is InChI=1S/C2H5Cl2O2P/c3-1-7(5,6)2-4/h1-2H2,(H,5,6). The van der Waals surface area contributed by atoms with Crippen LogP contribution >= 0.6 is 30.6 Å². The Labute approximate surface area is 51.9 Å². The number of hydrogen-bond donors (Lipinski definition) is 1. The predicted octanol–water partition coefficient (Wildman–Crippen LogP) is 1.65. The Bertz CT molecular complexity index is 85.7. The van der Waals surface area contributed by atoms with Gasteiger partial charge in [-0.15, -0.1) is 23.2 Å². The van der Waals surface area contributed by atoms with Crippen molar-refractivity contribution >= 4 is 30.6 Å². The Morgan fingerprint density at radius 2 is 1.71 bits per heavy atom. The summed E-state index contributed by atoms with van der Waals surface area (Å²) in [6, 6.07) is 0. The number of hydrogen-bond acceptors (Lipinski definition) is 1. The van der Waals surface area contributed by atoms with Gasteiger partial charge in [0.1, 0.15) is 11.2 Å². The third-order valence-corrected chi connectivity index (χ3v) is 3.36. The molecule has 0 radical (unpaired) electrons. The van der Waals surface area contributed by atoms with Crippen LogP contribution in [0.2, 0.25) is 0 Å². The van der Waals surface area contributed by atoms with Gasteiger partial charge < -0.3 is 4.89 Å². The zero-order valence-electron chi connectivity index (χ0n) is 3.47. The molecule has 0 atom stereocenters. The highest BCUT2D eigenvalue weighted by molar-refractivity contribution is 7.61. The molecule has 0 bridgehead atoms. The lowest BCUT2D eigenvalue weighted by Gasteiger charge is -1.98. The fourth-order valence-corrected chi connectivity index (χ4v) is 0.862. The highest BCUT2D eigenvalue weighted by Gasteiger charge is 2.12. The van der Waals surface area contributed by atoms with Gasteiger partial charge in [-0.3, -0.25) is 4.57 Å². The molecule has 0 aromatic rings. The van der Waals surface area contributed by atoms with Crippen molar-refractivity contribution in [1.29, 1.82) is 0 Å². The second kappa shape index (κ2) is 2.93. The predicted molar refractivity (Wildman–Crippen MR) is 31.3 cm³/mol. The molecule has 0 spiro atoms. The highest BCUT2D eigenvalue weighted by atomic mass is 35.5. The monoisotopic (exact) mass is 162 g/mol. The van der Waals surface area contributed by atoms with E-state index in [1.54, 1.807) is 0 Å². The zero-order chi connectivity index (χ0) is 5.91. The average molecular weight is 163 g/mol. The Hall–Kier alpha value is 0.770. The van der Waals surface area contributed by atoms with Gasteiger partial charge >= 0.3 is 0 Å². The van der Waals surface area contributed by atoms with Crippen molar-refractivity contribution in [3.05, 3.63) is 0 Å². The molecule has 0 aromatic heterocycles. The Balaban J connectivity index is 3.61. The van der Waals surface area contributed by atoms with Gasteiger partial charge in [0.25, 0.3) is 0 Å². The van der Waals surface area contributed by atoms with Gasteiger partial charge in [0, 0.05) is 0 Å². The molecule has 0 aliphatic rings. The van der Waals surface area contributed by atoms with Gasteiger partial charge in [0.05, 0.1) is 0 Å². The van der Waals surface area contributed by atoms with Gasteiger partial charge in [0.2, 0.25) is 7.37 Å². The van der Waals surface area contributed by atoms with Crippen LogP contribution in [-0.2, 0) is 4.57 Å². The third kappa shape index (κ3) is 3.36. The van der Waals surface area contributed by atoms with E-state index in [1.165, 1.54) is 0 Å². The Morgan fingerprint density at radius 1 is 1.43 bits per heavy atom. The normalized spacial score (nSPS) is 11.9. The molecular formula is C2H5Cl2O2P. The van der Waals surface area contributed by atoms with E-state index in [0.29, 0.717) is 0 Å². The van der Waals surface area contributed by atoms with Crippen molar-refractivity contribution in [2.75, 3.05) is 11.2 Å². The number of rotatable bonds is 2. The van der Waals surface area contributed by atoms with E-state index in [-0.39, 0.29) is 11.2 Å². The van der Waals surface area contributed by atoms with E-state index in [9.17, 15) is 4.57 Å². The van der Waals surface area contributed by atoms with Crippen LogP contribution in [0.15, 0.2) is 0 Å². The molecule has 0 amide bonds. The van der Waals surface area contributed by atoms with E-state index in [4.69, 9.17) is 28.1 Å². The second-order valence-electron chi connectivity index (χ2n) is 1.09. The maximum Gasteiger partial charge on any atom is 0.229 e. The second-order valence-corrected chi connectivity index (χ2v) is 4.69. The summed E-state index contributed by atoms with van der Waals surface area (Å²) in [6.45, 7) is 0. The lowest BCUT2D eigenvalue weighted by molar-refractivity contribution is 0.488. The molecule has 1 N–H and O–H groups in total. The Morgan fingerprint density at radius 3 is 1.71 bits per heavy atom. The van der Waals surface area contributed by atoms with Crippen LogP contribution in [0.1, 0.15) is 0 Å². The average Bonchev–Trinajstić information content (AvgIpc) is 1.68. The molecule has 0 heterocycles. The minimum atomic E-state index is -3.12. The summed E-state index contributed by atoms with van der Waals surface area (Å²) >= 11 is 9.99. The first kappa shape index (κ1) is 7.77. The molecule has 7 heavy (non-hydrogen) atoms. The summed E-state index contributed by atoms with van der Waals surface area (Å²) in [5.74, 6) is 0. The van der Waals surface area contributed by atoms with E-state index in [0.717, 1.165) is 0 Å². The lowest BCUT2D eigenvalue weighted by Crippen LogP contribution is -1.79. The first-order valence-corrected chi connectivity index (χ1v) is 4.65. The van der Waals surface area contributed by atoms with Gasteiger partial charge in [0.15, 0.2) is 0 Å². The molecular weight excluding hydrogens is 158 g/mol. The molecule has 2 nitrogen and oxygen atoms in total. The summed E-state index contributed by atoms with van der Waals surface area (Å²) in [5.41, 5.74) is -0.507. The smallest absolute Gasteiger partial charge is 0.229 e. The van der Waals surface area contributed by atoms with Crippen molar-refractivity contribution in [2.24, 2.45) is 0 Å². The molecule has 0 aliphatic heterocycles. The minimum absolute atomic E-state index is 0.253. The molecule has 0 rings (SSSR count). The van der Waals surface area contributed by atoms with Crippen LogP contribution in [0.25, 0.3) is 0 Å². The first-order chi connectivity index (χ1) is 3.12.